The first-order chi connectivity index (χ1) is 3.00. The van der Waals surface area contributed by atoms with Crippen LogP contribution in [0, 0.1) is 23.7 Å². The fourth-order valence-electron chi connectivity index (χ4n) is 2.71. The van der Waals surface area contributed by atoms with Gasteiger partial charge < -0.3 is 0 Å². The molecule has 0 N–H and O–H groups in total. The lowest BCUT2D eigenvalue weighted by Gasteiger charge is -2.07. The Balaban J connectivity index is 2.50. The van der Waals surface area contributed by atoms with E-state index in [9.17, 15) is 0 Å². The number of hydrogen-bond donors (Lipinski definition) is 0. The van der Waals surface area contributed by atoms with Gasteiger partial charge in [0.25, 0.3) is 0 Å². The summed E-state index contributed by atoms with van der Waals surface area (Å²) in [5.74, 6) is 4.85. The van der Waals surface area contributed by atoms with Gasteiger partial charge in [0.05, 0.1) is 0 Å². The third-order valence-corrected chi connectivity index (χ3v) is 3.10. The van der Waals surface area contributed by atoms with Crippen LogP contribution in [0.1, 0.15) is 0 Å². The molecule has 0 saturated heterocycles. The smallest absolute Gasteiger partial charge is 0.00594 e. The van der Waals surface area contributed by atoms with Crippen LogP contribution < -0.4 is 0 Å². The minimum absolute atomic E-state index is 1.17. The molecule has 5 aliphatic rings. The summed E-state index contributed by atoms with van der Waals surface area (Å²) in [6.07, 6.45) is 0. The Morgan fingerprint density at radius 3 is 1.83 bits per heavy atom. The number of allylic oxidation sites excluding steroid dienone is 2. The first kappa shape index (κ1) is 1.69. The summed E-state index contributed by atoms with van der Waals surface area (Å²) in [5.41, 5.74) is 3.81. The van der Waals surface area contributed by atoms with E-state index in [1.807, 2.05) is 11.1 Å². The Labute approximate surface area is 35.9 Å². The van der Waals surface area contributed by atoms with E-state index in [4.69, 9.17) is 0 Å². The molecule has 3 saturated carbocycles. The summed E-state index contributed by atoms with van der Waals surface area (Å²) < 4.78 is 0. The molecule has 3 fully saturated rings. The fraction of sp³-hybridized carbons (Fsp3) is 0.667. The average Bonchev–Trinajstić information content (AvgIpc) is 1.64. The predicted molar refractivity (Wildman–Crippen MR) is 21.0 cm³/mol. The van der Waals surface area contributed by atoms with Crippen molar-refractivity contribution in [2.45, 2.75) is 0 Å². The maximum Gasteiger partial charge on any atom is 0.00594 e. The Morgan fingerprint density at radius 1 is 1.00 bits per heavy atom. The minimum Gasteiger partial charge on any atom is -0.0585 e. The fourth-order valence-corrected chi connectivity index (χ4v) is 2.71. The van der Waals surface area contributed by atoms with Crippen molar-refractivity contribution >= 4 is 0 Å². The predicted octanol–water partition coefficient (Wildman–Crippen LogP) is 0.802. The van der Waals surface area contributed by atoms with Gasteiger partial charge in [-0.2, -0.15) is 0 Å². The Morgan fingerprint density at radius 2 is 1.67 bits per heavy atom. The molecule has 0 heteroatoms. The molecule has 2 unspecified atom stereocenters. The van der Waals surface area contributed by atoms with Crippen molar-refractivity contribution in [2.24, 2.45) is 23.7 Å². The van der Waals surface area contributed by atoms with Gasteiger partial charge in [0, 0.05) is 5.92 Å². The normalized spacial score (nSPS) is 84.0. The minimum atomic E-state index is 1.17. The van der Waals surface area contributed by atoms with E-state index >= 15 is 0 Å². The lowest BCUT2D eigenvalue weighted by Crippen LogP contribution is -2.02. The Hall–Kier alpha value is -0.260. The summed E-state index contributed by atoms with van der Waals surface area (Å²) >= 11 is 0. The molecule has 0 radical (unpaired) electrons. The Bertz CT molecular complexity index is 180. The lowest BCUT2D eigenvalue weighted by molar-refractivity contribution is 0.542. The van der Waals surface area contributed by atoms with Crippen molar-refractivity contribution in [2.75, 3.05) is 0 Å². The summed E-state index contributed by atoms with van der Waals surface area (Å²) in [5, 5.41) is 0. The summed E-state index contributed by atoms with van der Waals surface area (Å²) in [4.78, 5) is 0. The lowest BCUT2D eigenvalue weighted by atomic mass is 9.96. The molecule has 5 aliphatic carbocycles. The van der Waals surface area contributed by atoms with E-state index in [1.54, 1.807) is 0 Å². The van der Waals surface area contributed by atoms with Gasteiger partial charge in [0.2, 0.25) is 0 Å². The second kappa shape index (κ2) is 0.211. The largest absolute Gasteiger partial charge is 0.0585 e. The summed E-state index contributed by atoms with van der Waals surface area (Å²) in [7, 11) is 0. The van der Waals surface area contributed by atoms with Crippen molar-refractivity contribution in [3.05, 3.63) is 11.1 Å². The van der Waals surface area contributed by atoms with Crippen LogP contribution in [0.2, 0.25) is 0 Å². The molecule has 0 spiro atoms. The third-order valence-electron chi connectivity index (χ3n) is 3.10. The van der Waals surface area contributed by atoms with Crippen LogP contribution in [0.25, 0.3) is 0 Å². The van der Waals surface area contributed by atoms with Gasteiger partial charge >= 0.3 is 0 Å². The van der Waals surface area contributed by atoms with Crippen LogP contribution >= 0.6 is 0 Å². The second-order valence-electron chi connectivity index (χ2n) is 3.02. The van der Waals surface area contributed by atoms with Crippen molar-refractivity contribution in [1.82, 2.24) is 0 Å². The molecule has 28 valence electrons. The summed E-state index contributed by atoms with van der Waals surface area (Å²) in [6, 6.07) is 0. The molecular formula is C6H4. The second-order valence-corrected chi connectivity index (χ2v) is 3.02. The molecule has 0 aromatic carbocycles. The molecule has 0 aliphatic heterocycles. The van der Waals surface area contributed by atoms with Crippen molar-refractivity contribution in [3.8, 4) is 0 Å². The highest BCUT2D eigenvalue weighted by Gasteiger charge is 2.89. The molecule has 2 atom stereocenters. The van der Waals surface area contributed by atoms with Crippen LogP contribution in [0.5, 0.6) is 0 Å². The number of hydrogen-bond acceptors (Lipinski definition) is 0. The molecule has 5 rings (SSSR count). The van der Waals surface area contributed by atoms with Gasteiger partial charge in [-0.15, -0.1) is 0 Å². The molecule has 0 aromatic rings. The molecule has 0 amide bonds. The third kappa shape index (κ3) is 0.0279. The van der Waals surface area contributed by atoms with E-state index in [-0.39, 0.29) is 0 Å². The van der Waals surface area contributed by atoms with E-state index in [0.29, 0.717) is 0 Å². The molecule has 0 nitrogen and oxygen atoms in total. The topological polar surface area (TPSA) is 0 Å². The van der Waals surface area contributed by atoms with E-state index < -0.39 is 0 Å². The maximum atomic E-state index is 1.91. The first-order valence-corrected chi connectivity index (χ1v) is 2.74. The highest BCUT2D eigenvalue weighted by Crippen LogP contribution is 2.96. The van der Waals surface area contributed by atoms with Gasteiger partial charge in [0.1, 0.15) is 0 Å². The quantitative estimate of drug-likeness (QED) is 0.374. The average molecular weight is 76.1 g/mol. The van der Waals surface area contributed by atoms with Crippen LogP contribution in [0.3, 0.4) is 0 Å². The highest BCUT2D eigenvalue weighted by atomic mass is 14.9. The Kier molecular flexibility index (Phi) is 0.0593. The van der Waals surface area contributed by atoms with Gasteiger partial charge in [-0.25, -0.2) is 0 Å². The summed E-state index contributed by atoms with van der Waals surface area (Å²) in [6.45, 7) is 0. The zero-order valence-corrected chi connectivity index (χ0v) is 3.31. The van der Waals surface area contributed by atoms with Gasteiger partial charge in [-0.1, -0.05) is 11.1 Å². The zero-order chi connectivity index (χ0) is 3.46. The molecular weight excluding hydrogens is 72.1 g/mol. The number of rotatable bonds is 0. The van der Waals surface area contributed by atoms with Crippen molar-refractivity contribution in [1.29, 1.82) is 0 Å². The standard InChI is InChI=1S/C6H4/c1-2-3(1)6-4(1)5(2)6/h1-4H. The molecule has 0 aromatic heterocycles. The highest BCUT2D eigenvalue weighted by molar-refractivity contribution is 5.75. The van der Waals surface area contributed by atoms with Crippen LogP contribution in [-0.2, 0) is 0 Å². The first-order valence-electron chi connectivity index (χ1n) is 2.74. The van der Waals surface area contributed by atoms with E-state index in [2.05, 4.69) is 0 Å². The van der Waals surface area contributed by atoms with Gasteiger partial charge in [-0.3, -0.25) is 0 Å². The van der Waals surface area contributed by atoms with E-state index in [1.165, 1.54) is 23.7 Å². The maximum absolute atomic E-state index is 1.91. The van der Waals surface area contributed by atoms with Crippen LogP contribution in [-0.4, -0.2) is 0 Å². The zero-order valence-electron chi connectivity index (χ0n) is 3.31. The van der Waals surface area contributed by atoms with E-state index in [0.717, 1.165) is 0 Å². The van der Waals surface area contributed by atoms with Crippen molar-refractivity contribution < 1.29 is 0 Å². The SMILES string of the molecule is C12=C3C1C1C2C31. The van der Waals surface area contributed by atoms with Gasteiger partial charge in [-0.05, 0) is 17.8 Å². The van der Waals surface area contributed by atoms with Crippen molar-refractivity contribution in [3.63, 3.8) is 0 Å². The van der Waals surface area contributed by atoms with Crippen LogP contribution in [0.15, 0.2) is 11.1 Å². The molecule has 0 heterocycles. The monoisotopic (exact) mass is 76.0 g/mol. The molecule has 0 bridgehead atoms. The van der Waals surface area contributed by atoms with Crippen LogP contribution in [0.4, 0.5) is 0 Å². The molecule has 6 heavy (non-hydrogen) atoms. The van der Waals surface area contributed by atoms with Gasteiger partial charge in [0.15, 0.2) is 0 Å².